The molecule has 4 heteroatoms. The molecule has 1 atom stereocenters. The zero-order valence-electron chi connectivity index (χ0n) is 12.1. The molecule has 0 aromatic heterocycles. The van der Waals surface area contributed by atoms with E-state index in [4.69, 9.17) is 11.6 Å². The van der Waals surface area contributed by atoms with Crippen molar-refractivity contribution in [2.45, 2.75) is 26.3 Å². The Bertz CT molecular complexity index is 630. The second-order valence-electron chi connectivity index (χ2n) is 5.01. The molecule has 0 radical (unpaired) electrons. The Labute approximate surface area is 144 Å². The van der Waals surface area contributed by atoms with Crippen molar-refractivity contribution < 1.29 is 4.39 Å². The molecule has 2 rings (SSSR count). The van der Waals surface area contributed by atoms with Gasteiger partial charge >= 0.3 is 0 Å². The fourth-order valence-electron chi connectivity index (χ4n) is 2.40. The molecule has 0 aliphatic heterocycles. The first kappa shape index (κ1) is 16.7. The molecule has 0 saturated carbocycles. The molecule has 0 spiro atoms. The molecule has 0 aliphatic carbocycles. The zero-order valence-corrected chi connectivity index (χ0v) is 15.0. The smallest absolute Gasteiger partial charge is 0.142 e. The van der Waals surface area contributed by atoms with Gasteiger partial charge in [-0.2, -0.15) is 0 Å². The van der Waals surface area contributed by atoms with Crippen LogP contribution in [0, 0.1) is 16.3 Å². The lowest BCUT2D eigenvalue weighted by Gasteiger charge is -2.21. The molecule has 0 amide bonds. The first-order valence-corrected chi connectivity index (χ1v) is 8.41. The topological polar surface area (TPSA) is 12.0 Å². The van der Waals surface area contributed by atoms with Gasteiger partial charge in [-0.15, -0.1) is 0 Å². The monoisotopic (exact) mass is 417 g/mol. The average Bonchev–Trinajstić information content (AvgIpc) is 2.46. The van der Waals surface area contributed by atoms with Crippen LogP contribution in [0.25, 0.3) is 0 Å². The van der Waals surface area contributed by atoms with E-state index in [1.165, 1.54) is 20.8 Å². The minimum Gasteiger partial charge on any atom is -0.310 e. The van der Waals surface area contributed by atoms with Crippen LogP contribution in [0.15, 0.2) is 36.4 Å². The Balaban J connectivity index is 2.35. The lowest BCUT2D eigenvalue weighted by atomic mass is 9.97. The molecule has 0 aliphatic rings. The number of likely N-dealkylation sites (N-methyl/N-ethyl adjacent to an activating group) is 1. The number of aryl methyl sites for hydroxylation is 1. The van der Waals surface area contributed by atoms with Crippen molar-refractivity contribution in [2.24, 2.45) is 0 Å². The van der Waals surface area contributed by atoms with E-state index < -0.39 is 0 Å². The van der Waals surface area contributed by atoms with E-state index in [1.54, 1.807) is 6.07 Å². The average molecular weight is 418 g/mol. The van der Waals surface area contributed by atoms with E-state index in [1.807, 2.05) is 6.07 Å². The Hall–Kier alpha value is -0.650. The largest absolute Gasteiger partial charge is 0.310 e. The van der Waals surface area contributed by atoms with E-state index >= 15 is 0 Å². The molecule has 112 valence electrons. The number of nitrogens with one attached hydrogen (secondary N) is 1. The third-order valence-electron chi connectivity index (χ3n) is 3.50. The predicted molar refractivity (Wildman–Crippen MR) is 95.4 cm³/mol. The number of benzene rings is 2. The quantitative estimate of drug-likeness (QED) is 0.652. The normalized spacial score (nSPS) is 12.4. The van der Waals surface area contributed by atoms with Crippen molar-refractivity contribution in [3.8, 4) is 0 Å². The van der Waals surface area contributed by atoms with Crippen molar-refractivity contribution in [1.82, 2.24) is 5.32 Å². The highest BCUT2D eigenvalue weighted by atomic mass is 127. The molecule has 0 fully saturated rings. The van der Waals surface area contributed by atoms with Gasteiger partial charge in [0.2, 0.25) is 0 Å². The van der Waals surface area contributed by atoms with E-state index in [9.17, 15) is 4.39 Å². The van der Waals surface area contributed by atoms with Crippen LogP contribution in [-0.2, 0) is 6.42 Å². The highest BCUT2D eigenvalue weighted by molar-refractivity contribution is 14.1. The van der Waals surface area contributed by atoms with Crippen molar-refractivity contribution in [3.05, 3.63) is 67.5 Å². The zero-order chi connectivity index (χ0) is 15.4. The number of hydrogen-bond donors (Lipinski definition) is 1. The van der Waals surface area contributed by atoms with Crippen LogP contribution in [-0.4, -0.2) is 6.54 Å². The van der Waals surface area contributed by atoms with Gasteiger partial charge in [0.25, 0.3) is 0 Å². The number of rotatable bonds is 5. The minimum absolute atomic E-state index is 0.126. The molecule has 0 heterocycles. The molecular formula is C17H18ClFIN. The van der Waals surface area contributed by atoms with Gasteiger partial charge < -0.3 is 5.32 Å². The summed E-state index contributed by atoms with van der Waals surface area (Å²) in [6.07, 6.45) is 0.671. The van der Waals surface area contributed by atoms with Crippen molar-refractivity contribution in [2.75, 3.05) is 6.54 Å². The maximum Gasteiger partial charge on any atom is 0.142 e. The van der Waals surface area contributed by atoms with Gasteiger partial charge in [-0.25, -0.2) is 4.39 Å². The highest BCUT2D eigenvalue weighted by Crippen LogP contribution is 2.29. The summed E-state index contributed by atoms with van der Waals surface area (Å²) >= 11 is 8.46. The highest BCUT2D eigenvalue weighted by Gasteiger charge is 2.17. The summed E-state index contributed by atoms with van der Waals surface area (Å²) in [5.74, 6) is -0.358. The maximum absolute atomic E-state index is 13.6. The fourth-order valence-corrected chi connectivity index (χ4v) is 3.34. The molecule has 2 aromatic carbocycles. The van der Waals surface area contributed by atoms with Crippen LogP contribution in [0.5, 0.6) is 0 Å². The van der Waals surface area contributed by atoms with Crippen molar-refractivity contribution in [1.29, 1.82) is 0 Å². The Morgan fingerprint density at radius 1 is 1.24 bits per heavy atom. The molecule has 1 unspecified atom stereocenters. The molecule has 2 aromatic rings. The predicted octanol–water partition coefficient (Wildman–Crippen LogP) is 5.29. The van der Waals surface area contributed by atoms with Crippen LogP contribution in [0.2, 0.25) is 5.02 Å². The van der Waals surface area contributed by atoms with Gasteiger partial charge in [0.1, 0.15) is 5.82 Å². The SMILES string of the molecule is CCNC(Cc1cccc(F)c1Cl)c1cccc(C)c1I. The van der Waals surface area contributed by atoms with Crippen LogP contribution in [0.3, 0.4) is 0 Å². The lowest BCUT2D eigenvalue weighted by Crippen LogP contribution is -2.24. The van der Waals surface area contributed by atoms with E-state index in [0.29, 0.717) is 6.42 Å². The molecule has 21 heavy (non-hydrogen) atoms. The third-order valence-corrected chi connectivity index (χ3v) is 5.40. The Morgan fingerprint density at radius 3 is 2.67 bits per heavy atom. The fraction of sp³-hybridized carbons (Fsp3) is 0.294. The van der Waals surface area contributed by atoms with E-state index in [2.05, 4.69) is 60.0 Å². The van der Waals surface area contributed by atoms with Gasteiger partial charge in [-0.05, 0) is 65.2 Å². The van der Waals surface area contributed by atoms with Crippen LogP contribution in [0.4, 0.5) is 4.39 Å². The summed E-state index contributed by atoms with van der Waals surface area (Å²) in [5, 5.41) is 3.70. The van der Waals surface area contributed by atoms with Gasteiger partial charge in [0.15, 0.2) is 0 Å². The van der Waals surface area contributed by atoms with Crippen LogP contribution in [0.1, 0.15) is 29.7 Å². The van der Waals surface area contributed by atoms with E-state index in [0.717, 1.165) is 12.1 Å². The molecule has 1 N–H and O–H groups in total. The molecule has 0 saturated heterocycles. The third kappa shape index (κ3) is 3.96. The number of halogens is 3. The second kappa shape index (κ2) is 7.56. The molecule has 0 bridgehead atoms. The van der Waals surface area contributed by atoms with E-state index in [-0.39, 0.29) is 16.9 Å². The van der Waals surface area contributed by atoms with Gasteiger partial charge in [0.05, 0.1) is 5.02 Å². The van der Waals surface area contributed by atoms with Gasteiger partial charge in [-0.1, -0.05) is 48.9 Å². The summed E-state index contributed by atoms with van der Waals surface area (Å²) in [6, 6.07) is 11.4. The first-order valence-electron chi connectivity index (χ1n) is 6.95. The Kier molecular flexibility index (Phi) is 6.02. The molecule has 1 nitrogen and oxygen atoms in total. The summed E-state index contributed by atoms with van der Waals surface area (Å²) in [7, 11) is 0. The van der Waals surface area contributed by atoms with Crippen LogP contribution >= 0.6 is 34.2 Å². The Morgan fingerprint density at radius 2 is 1.95 bits per heavy atom. The summed E-state index contributed by atoms with van der Waals surface area (Å²) < 4.78 is 14.9. The summed E-state index contributed by atoms with van der Waals surface area (Å²) in [5.41, 5.74) is 3.32. The van der Waals surface area contributed by atoms with Gasteiger partial charge in [0, 0.05) is 9.61 Å². The molecular weight excluding hydrogens is 400 g/mol. The standard InChI is InChI=1S/C17H18ClFIN/c1-3-21-15(13-8-4-6-11(2)17(13)20)10-12-7-5-9-14(19)16(12)18/h4-9,15,21H,3,10H2,1-2H3. The van der Waals surface area contributed by atoms with Crippen molar-refractivity contribution in [3.63, 3.8) is 0 Å². The van der Waals surface area contributed by atoms with Crippen molar-refractivity contribution >= 4 is 34.2 Å². The minimum atomic E-state index is -0.358. The second-order valence-corrected chi connectivity index (χ2v) is 6.46. The maximum atomic E-state index is 13.6. The van der Waals surface area contributed by atoms with Gasteiger partial charge in [-0.3, -0.25) is 0 Å². The summed E-state index contributed by atoms with van der Waals surface area (Å²) in [6.45, 7) is 5.02. The van der Waals surface area contributed by atoms with Crippen LogP contribution < -0.4 is 5.32 Å². The lowest BCUT2D eigenvalue weighted by molar-refractivity contribution is 0.544. The summed E-state index contributed by atoms with van der Waals surface area (Å²) in [4.78, 5) is 0. The number of hydrogen-bond acceptors (Lipinski definition) is 1. The first-order chi connectivity index (χ1) is 10.0.